The first-order valence-electron chi connectivity index (χ1n) is 16.5. The third-order valence-electron chi connectivity index (χ3n) is 8.67. The fourth-order valence-electron chi connectivity index (χ4n) is 6.40. The van der Waals surface area contributed by atoms with Gasteiger partial charge in [-0.3, -0.25) is 4.90 Å². The van der Waals surface area contributed by atoms with Gasteiger partial charge in [0.25, 0.3) is 0 Å². The average Bonchev–Trinajstić information content (AvgIpc) is 3.22. The number of esters is 1. The minimum Gasteiger partial charge on any atom is -0.492 e. The van der Waals surface area contributed by atoms with Crippen LogP contribution in [0.1, 0.15) is 66.6 Å². The monoisotopic (exact) mass is 605 g/mol. The Kier molecular flexibility index (Phi) is 11.5. The van der Waals surface area contributed by atoms with Crippen molar-refractivity contribution in [3.05, 3.63) is 124 Å². The van der Waals surface area contributed by atoms with E-state index in [1.165, 1.54) is 38.9 Å². The smallest absolute Gasteiger partial charge is 0.335 e. The van der Waals surface area contributed by atoms with Gasteiger partial charge >= 0.3 is 5.97 Å². The van der Waals surface area contributed by atoms with E-state index in [1.807, 2.05) is 38.1 Å². The number of benzene rings is 4. The minimum absolute atomic E-state index is 0.140. The molecule has 0 saturated carbocycles. The molecule has 4 aromatic rings. The van der Waals surface area contributed by atoms with Crippen LogP contribution in [-0.2, 0) is 40.0 Å². The van der Waals surface area contributed by atoms with E-state index >= 15 is 0 Å². The summed E-state index contributed by atoms with van der Waals surface area (Å²) in [5, 5.41) is 0. The number of ether oxygens (including phenoxy) is 3. The number of fused-ring (bicyclic) bond motifs is 2. The molecular weight excluding hydrogens is 558 g/mol. The maximum Gasteiger partial charge on any atom is 0.335 e. The summed E-state index contributed by atoms with van der Waals surface area (Å²) in [6.45, 7) is 8.08. The molecule has 0 aliphatic heterocycles. The number of rotatable bonds is 14. The highest BCUT2D eigenvalue weighted by molar-refractivity contribution is 5.75. The molecule has 2 unspecified atom stereocenters. The van der Waals surface area contributed by atoms with E-state index in [0.717, 1.165) is 43.5 Å². The SMILES string of the molecule is CCCc1ccc2c(c1)CCc1ccc(-c3ccccc3)cc1C2N(C)CCOc1ccc(CC(OCC)C(=O)OCC)cc1. The molecule has 4 aromatic carbocycles. The van der Waals surface area contributed by atoms with Crippen molar-refractivity contribution in [3.8, 4) is 16.9 Å². The van der Waals surface area contributed by atoms with Gasteiger partial charge in [-0.05, 0) is 103 Å². The molecule has 0 radical (unpaired) electrons. The highest BCUT2D eigenvalue weighted by Crippen LogP contribution is 2.38. The Balaban J connectivity index is 1.33. The van der Waals surface area contributed by atoms with Crippen molar-refractivity contribution in [1.29, 1.82) is 0 Å². The van der Waals surface area contributed by atoms with Gasteiger partial charge < -0.3 is 14.2 Å². The summed E-state index contributed by atoms with van der Waals surface area (Å²) in [7, 11) is 2.22. The zero-order chi connectivity index (χ0) is 31.6. The summed E-state index contributed by atoms with van der Waals surface area (Å²) in [6, 6.07) is 32.9. The highest BCUT2D eigenvalue weighted by Gasteiger charge is 2.28. The molecule has 1 aliphatic carbocycles. The second kappa shape index (κ2) is 15.9. The van der Waals surface area contributed by atoms with E-state index in [2.05, 4.69) is 85.6 Å². The second-order valence-corrected chi connectivity index (χ2v) is 11.8. The number of carbonyl (C=O) groups is 1. The third-order valence-corrected chi connectivity index (χ3v) is 8.67. The Morgan fingerprint density at radius 1 is 0.800 bits per heavy atom. The van der Waals surface area contributed by atoms with Crippen LogP contribution in [0.2, 0.25) is 0 Å². The zero-order valence-electron chi connectivity index (χ0n) is 27.3. The predicted octanol–water partition coefficient (Wildman–Crippen LogP) is 8.02. The summed E-state index contributed by atoms with van der Waals surface area (Å²) in [5.41, 5.74) is 10.6. The van der Waals surface area contributed by atoms with Gasteiger partial charge in [-0.15, -0.1) is 0 Å². The van der Waals surface area contributed by atoms with Crippen LogP contribution in [0.4, 0.5) is 0 Å². The topological polar surface area (TPSA) is 48.0 Å². The second-order valence-electron chi connectivity index (χ2n) is 11.8. The van der Waals surface area contributed by atoms with Gasteiger partial charge in [-0.1, -0.05) is 86.1 Å². The molecule has 0 amide bonds. The zero-order valence-corrected chi connectivity index (χ0v) is 27.3. The molecule has 5 heteroatoms. The fraction of sp³-hybridized carbons (Fsp3) is 0.375. The standard InChI is InChI=1S/C40H47NO4/c1-5-11-29-16-23-36-34(26-29)20-18-32-17-19-33(31-12-9-8-10-13-31)28-37(32)39(36)41(4)24-25-45-35-21-14-30(15-22-35)27-38(43-6-2)40(42)44-7-3/h8-10,12-17,19,21-23,26,28,38-39H,5-7,11,18,20,24-25,27H2,1-4H3. The number of carbonyl (C=O) groups excluding carboxylic acids is 1. The van der Waals surface area contributed by atoms with E-state index in [1.54, 1.807) is 0 Å². The first-order valence-corrected chi connectivity index (χ1v) is 16.5. The molecule has 5 nitrogen and oxygen atoms in total. The van der Waals surface area contributed by atoms with Crippen LogP contribution in [-0.4, -0.2) is 50.4 Å². The lowest BCUT2D eigenvalue weighted by atomic mass is 9.90. The van der Waals surface area contributed by atoms with Crippen LogP contribution in [0.25, 0.3) is 11.1 Å². The van der Waals surface area contributed by atoms with Crippen molar-refractivity contribution in [2.45, 2.75) is 65.0 Å². The Labute approximate surface area is 269 Å². The summed E-state index contributed by atoms with van der Waals surface area (Å²) < 4.78 is 17.1. The maximum atomic E-state index is 12.3. The Morgan fingerprint density at radius 2 is 1.56 bits per heavy atom. The van der Waals surface area contributed by atoms with Crippen molar-refractivity contribution in [2.24, 2.45) is 0 Å². The molecule has 45 heavy (non-hydrogen) atoms. The van der Waals surface area contributed by atoms with Crippen LogP contribution in [0.5, 0.6) is 5.75 Å². The molecule has 1 aliphatic rings. The van der Waals surface area contributed by atoms with Gasteiger partial charge in [-0.25, -0.2) is 4.79 Å². The molecule has 0 saturated heterocycles. The Bertz CT molecular complexity index is 1530. The lowest BCUT2D eigenvalue weighted by Crippen LogP contribution is -2.30. The lowest BCUT2D eigenvalue weighted by molar-refractivity contribution is -0.156. The van der Waals surface area contributed by atoms with Crippen molar-refractivity contribution >= 4 is 5.97 Å². The first-order chi connectivity index (χ1) is 22.0. The summed E-state index contributed by atoms with van der Waals surface area (Å²) in [6.07, 6.45) is 4.24. The molecule has 0 bridgehead atoms. The number of nitrogens with zero attached hydrogens (tertiary/aromatic N) is 1. The largest absolute Gasteiger partial charge is 0.492 e. The van der Waals surface area contributed by atoms with Gasteiger partial charge in [0, 0.05) is 19.6 Å². The van der Waals surface area contributed by atoms with E-state index in [9.17, 15) is 4.79 Å². The third kappa shape index (κ3) is 8.22. The summed E-state index contributed by atoms with van der Waals surface area (Å²) in [5.74, 6) is 0.496. The fourth-order valence-corrected chi connectivity index (χ4v) is 6.40. The quantitative estimate of drug-likeness (QED) is 0.136. The summed E-state index contributed by atoms with van der Waals surface area (Å²) >= 11 is 0. The molecule has 0 aromatic heterocycles. The molecule has 0 fully saturated rings. The maximum absolute atomic E-state index is 12.3. The van der Waals surface area contributed by atoms with Crippen molar-refractivity contribution in [3.63, 3.8) is 0 Å². The predicted molar refractivity (Wildman–Crippen MR) is 182 cm³/mol. The van der Waals surface area contributed by atoms with E-state index in [0.29, 0.717) is 26.2 Å². The average molecular weight is 606 g/mol. The van der Waals surface area contributed by atoms with Crippen LogP contribution in [0.3, 0.4) is 0 Å². The van der Waals surface area contributed by atoms with E-state index in [-0.39, 0.29) is 12.0 Å². The van der Waals surface area contributed by atoms with Crippen molar-refractivity contribution in [1.82, 2.24) is 4.90 Å². The Morgan fingerprint density at radius 3 is 2.29 bits per heavy atom. The first kappa shape index (κ1) is 32.5. The molecule has 2 atom stereocenters. The van der Waals surface area contributed by atoms with Gasteiger partial charge in [0.2, 0.25) is 0 Å². The van der Waals surface area contributed by atoms with E-state index in [4.69, 9.17) is 14.2 Å². The van der Waals surface area contributed by atoms with Gasteiger partial charge in [0.15, 0.2) is 6.10 Å². The van der Waals surface area contributed by atoms with Crippen molar-refractivity contribution in [2.75, 3.05) is 33.4 Å². The molecule has 5 rings (SSSR count). The Hall–Kier alpha value is -3.93. The minimum atomic E-state index is -0.596. The molecule has 0 heterocycles. The summed E-state index contributed by atoms with van der Waals surface area (Å²) in [4.78, 5) is 14.7. The number of aryl methyl sites for hydroxylation is 3. The van der Waals surface area contributed by atoms with E-state index < -0.39 is 6.10 Å². The highest BCUT2D eigenvalue weighted by atomic mass is 16.6. The van der Waals surface area contributed by atoms with Crippen LogP contribution in [0.15, 0.2) is 91.0 Å². The van der Waals surface area contributed by atoms with Gasteiger partial charge in [0.05, 0.1) is 12.6 Å². The molecular formula is C40H47NO4. The molecule has 236 valence electrons. The van der Waals surface area contributed by atoms with Crippen LogP contribution < -0.4 is 4.74 Å². The van der Waals surface area contributed by atoms with Crippen LogP contribution >= 0.6 is 0 Å². The van der Waals surface area contributed by atoms with Crippen LogP contribution in [0, 0.1) is 0 Å². The normalized spacial score (nSPS) is 14.7. The number of likely N-dealkylation sites (N-methyl/N-ethyl adjacent to an activating group) is 1. The number of hydrogen-bond acceptors (Lipinski definition) is 5. The number of hydrogen-bond donors (Lipinski definition) is 0. The van der Waals surface area contributed by atoms with Crippen molar-refractivity contribution < 1.29 is 19.0 Å². The molecule has 0 spiro atoms. The lowest BCUT2D eigenvalue weighted by Gasteiger charge is -2.31. The van der Waals surface area contributed by atoms with Gasteiger partial charge in [0.1, 0.15) is 12.4 Å². The van der Waals surface area contributed by atoms with Gasteiger partial charge in [-0.2, -0.15) is 0 Å². The molecule has 0 N–H and O–H groups in total.